The first kappa shape index (κ1) is 17.1. The average Bonchev–Trinajstić information content (AvgIpc) is 3.13. The number of ether oxygens (including phenoxy) is 1. The Hall–Kier alpha value is -3.37. The Labute approximate surface area is 156 Å². The number of benzene rings is 1. The van der Waals surface area contributed by atoms with Gasteiger partial charge < -0.3 is 10.1 Å². The van der Waals surface area contributed by atoms with Gasteiger partial charge in [0.05, 0.1) is 44.1 Å². The van der Waals surface area contributed by atoms with E-state index in [9.17, 15) is 4.79 Å². The highest BCUT2D eigenvalue weighted by Gasteiger charge is 2.27. The maximum absolute atomic E-state index is 12.8. The van der Waals surface area contributed by atoms with Gasteiger partial charge >= 0.3 is 5.95 Å². The molecule has 0 atom stereocenters. The summed E-state index contributed by atoms with van der Waals surface area (Å²) in [5.74, 6) is 0.722. The number of pyridine rings is 1. The van der Waals surface area contributed by atoms with Gasteiger partial charge in [-0.25, -0.2) is 9.38 Å². The number of morpholine rings is 1. The first-order valence-electron chi connectivity index (χ1n) is 8.88. The molecule has 3 aromatic rings. The van der Waals surface area contributed by atoms with E-state index in [0.29, 0.717) is 31.0 Å². The summed E-state index contributed by atoms with van der Waals surface area (Å²) in [6, 6.07) is 15.1. The standard InChI is InChI=1S/C20H19N5O2/c21-13-15-4-6-16(7-5-15)14-22-19(26)18-17-3-1-2-8-25(17)20(23-18)24-9-11-27-12-10-24/h1-8H,9-12,14H2,(H,22,26)/p+1. The van der Waals surface area contributed by atoms with Crippen molar-refractivity contribution in [2.24, 2.45) is 0 Å². The highest BCUT2D eigenvalue weighted by molar-refractivity contribution is 5.98. The number of imidazole rings is 1. The van der Waals surface area contributed by atoms with Crippen molar-refractivity contribution in [2.45, 2.75) is 6.54 Å². The zero-order chi connectivity index (χ0) is 18.6. The van der Waals surface area contributed by atoms with Crippen LogP contribution in [0.15, 0.2) is 48.7 Å². The number of nitriles is 1. The fourth-order valence-corrected chi connectivity index (χ4v) is 3.22. The third-order valence-electron chi connectivity index (χ3n) is 4.65. The summed E-state index contributed by atoms with van der Waals surface area (Å²) in [6.45, 7) is 3.31. The molecule has 3 heterocycles. The summed E-state index contributed by atoms with van der Waals surface area (Å²) in [4.78, 5) is 18.3. The number of amides is 1. The summed E-state index contributed by atoms with van der Waals surface area (Å²) in [5, 5.41) is 11.8. The van der Waals surface area contributed by atoms with E-state index in [0.717, 1.165) is 30.1 Å². The van der Waals surface area contributed by atoms with Gasteiger partial charge in [0.15, 0.2) is 5.52 Å². The minimum atomic E-state index is -0.164. The first-order chi connectivity index (χ1) is 13.3. The minimum absolute atomic E-state index is 0.164. The molecule has 0 saturated carbocycles. The number of rotatable bonds is 4. The Morgan fingerprint density at radius 3 is 2.74 bits per heavy atom. The molecule has 2 N–H and O–H groups in total. The number of hydrogen-bond acceptors (Lipinski definition) is 4. The van der Waals surface area contributed by atoms with Crippen LogP contribution < -0.4 is 14.6 Å². The minimum Gasteiger partial charge on any atom is -0.375 e. The summed E-state index contributed by atoms with van der Waals surface area (Å²) in [5.41, 5.74) is 2.91. The average molecular weight is 362 g/mol. The number of carbonyl (C=O) groups is 1. The number of nitrogens with one attached hydrogen (secondary N) is 2. The van der Waals surface area contributed by atoms with Gasteiger partial charge in [0, 0.05) is 6.54 Å². The third kappa shape index (κ3) is 3.48. The predicted octanol–water partition coefficient (Wildman–Crippen LogP) is 1.39. The topological polar surface area (TPSA) is 85.2 Å². The molecule has 0 unspecified atom stereocenters. The number of fused-ring (bicyclic) bond motifs is 1. The van der Waals surface area contributed by atoms with E-state index in [1.54, 1.807) is 12.1 Å². The maximum atomic E-state index is 12.8. The zero-order valence-corrected chi connectivity index (χ0v) is 14.8. The lowest BCUT2D eigenvalue weighted by molar-refractivity contribution is -0.497. The molecule has 0 radical (unpaired) electrons. The molecule has 1 saturated heterocycles. The molecular formula is C20H20N5O2+. The van der Waals surface area contributed by atoms with Crippen LogP contribution in [0.25, 0.3) is 5.52 Å². The van der Waals surface area contributed by atoms with Gasteiger partial charge in [-0.05, 0) is 29.8 Å². The molecule has 1 aliphatic rings. The fourth-order valence-electron chi connectivity index (χ4n) is 3.22. The molecule has 0 aliphatic carbocycles. The Morgan fingerprint density at radius 1 is 1.22 bits per heavy atom. The highest BCUT2D eigenvalue weighted by atomic mass is 16.5. The van der Waals surface area contributed by atoms with Gasteiger partial charge in [-0.1, -0.05) is 18.2 Å². The van der Waals surface area contributed by atoms with Crippen LogP contribution in [0.3, 0.4) is 0 Å². The van der Waals surface area contributed by atoms with E-state index in [4.69, 9.17) is 10.00 Å². The van der Waals surface area contributed by atoms with Crippen LogP contribution in [0, 0.1) is 11.3 Å². The van der Waals surface area contributed by atoms with Crippen LogP contribution in [0.1, 0.15) is 21.6 Å². The molecule has 1 aromatic carbocycles. The van der Waals surface area contributed by atoms with E-state index >= 15 is 0 Å². The van der Waals surface area contributed by atoms with Crippen LogP contribution >= 0.6 is 0 Å². The number of nitrogens with zero attached hydrogens (tertiary/aromatic N) is 3. The number of H-pyrrole nitrogens is 1. The van der Waals surface area contributed by atoms with E-state index in [-0.39, 0.29) is 5.91 Å². The van der Waals surface area contributed by atoms with Gasteiger partial charge in [0.1, 0.15) is 0 Å². The molecule has 2 aromatic heterocycles. The van der Waals surface area contributed by atoms with Crippen molar-refractivity contribution in [1.82, 2.24) is 10.3 Å². The van der Waals surface area contributed by atoms with Gasteiger partial charge in [-0.15, -0.1) is 0 Å². The molecule has 4 rings (SSSR count). The summed E-state index contributed by atoms with van der Waals surface area (Å²) < 4.78 is 7.43. The monoisotopic (exact) mass is 362 g/mol. The quantitative estimate of drug-likeness (QED) is 0.687. The van der Waals surface area contributed by atoms with E-state index in [2.05, 4.69) is 21.3 Å². The van der Waals surface area contributed by atoms with Crippen LogP contribution in [-0.2, 0) is 11.3 Å². The molecule has 0 spiro atoms. The molecule has 1 fully saturated rings. The highest BCUT2D eigenvalue weighted by Crippen LogP contribution is 2.15. The zero-order valence-electron chi connectivity index (χ0n) is 14.8. The normalized spacial score (nSPS) is 14.1. The van der Waals surface area contributed by atoms with Crippen molar-refractivity contribution >= 4 is 17.4 Å². The third-order valence-corrected chi connectivity index (χ3v) is 4.65. The van der Waals surface area contributed by atoms with Crippen molar-refractivity contribution in [1.29, 1.82) is 5.26 Å². The molecule has 136 valence electrons. The van der Waals surface area contributed by atoms with Gasteiger partial charge in [-0.3, -0.25) is 9.69 Å². The second-order valence-corrected chi connectivity index (χ2v) is 6.37. The fraction of sp³-hybridized carbons (Fsp3) is 0.250. The van der Waals surface area contributed by atoms with Gasteiger partial charge in [0.25, 0.3) is 5.91 Å². The number of carbonyl (C=O) groups excluding carboxylic acids is 1. The molecule has 27 heavy (non-hydrogen) atoms. The van der Waals surface area contributed by atoms with Gasteiger partial charge in [0.2, 0.25) is 5.69 Å². The van der Waals surface area contributed by atoms with Crippen molar-refractivity contribution in [3.63, 3.8) is 0 Å². The molecule has 7 nitrogen and oxygen atoms in total. The number of aromatic amines is 1. The Kier molecular flexibility index (Phi) is 4.73. The lowest BCUT2D eigenvalue weighted by Gasteiger charge is -2.21. The van der Waals surface area contributed by atoms with Crippen LogP contribution in [-0.4, -0.2) is 37.2 Å². The molecule has 1 amide bonds. The van der Waals surface area contributed by atoms with Gasteiger partial charge in [-0.2, -0.15) is 5.26 Å². The number of hydrogen-bond donors (Lipinski definition) is 2. The van der Waals surface area contributed by atoms with Crippen molar-refractivity contribution < 1.29 is 13.9 Å². The summed E-state index contributed by atoms with van der Waals surface area (Å²) in [7, 11) is 0. The Balaban J connectivity index is 1.56. The molecule has 7 heteroatoms. The lowest BCUT2D eigenvalue weighted by Crippen LogP contribution is -2.41. The van der Waals surface area contributed by atoms with Crippen molar-refractivity contribution in [2.75, 3.05) is 31.2 Å². The summed E-state index contributed by atoms with van der Waals surface area (Å²) in [6.07, 6.45) is 1.95. The Bertz CT molecular complexity index is 997. The van der Waals surface area contributed by atoms with Crippen LogP contribution in [0.4, 0.5) is 5.95 Å². The second kappa shape index (κ2) is 7.48. The van der Waals surface area contributed by atoms with E-state index < -0.39 is 0 Å². The Morgan fingerprint density at radius 2 is 2.00 bits per heavy atom. The number of aromatic nitrogens is 2. The number of anilines is 1. The van der Waals surface area contributed by atoms with E-state index in [1.807, 2.05) is 40.9 Å². The summed E-state index contributed by atoms with van der Waals surface area (Å²) >= 11 is 0. The van der Waals surface area contributed by atoms with Crippen LogP contribution in [0.2, 0.25) is 0 Å². The molecule has 0 bridgehead atoms. The first-order valence-corrected chi connectivity index (χ1v) is 8.88. The maximum Gasteiger partial charge on any atom is 0.363 e. The largest absolute Gasteiger partial charge is 0.375 e. The smallest absolute Gasteiger partial charge is 0.363 e. The predicted molar refractivity (Wildman–Crippen MR) is 99.3 cm³/mol. The van der Waals surface area contributed by atoms with Crippen molar-refractivity contribution in [3.05, 3.63) is 65.5 Å². The van der Waals surface area contributed by atoms with Crippen molar-refractivity contribution in [3.8, 4) is 6.07 Å². The van der Waals surface area contributed by atoms with Crippen LogP contribution in [0.5, 0.6) is 0 Å². The molecule has 1 aliphatic heterocycles. The van der Waals surface area contributed by atoms with E-state index in [1.165, 1.54) is 0 Å². The molecular weight excluding hydrogens is 342 g/mol. The second-order valence-electron chi connectivity index (χ2n) is 6.37. The SMILES string of the molecule is N#Cc1ccc(CNC(=O)c2[nH]c(N3CCOCC3)[n+]3ccccc23)cc1. The lowest BCUT2D eigenvalue weighted by atomic mass is 10.1.